The van der Waals surface area contributed by atoms with E-state index in [2.05, 4.69) is 39.9 Å². The highest BCUT2D eigenvalue weighted by molar-refractivity contribution is 5.79. The Morgan fingerprint density at radius 3 is 2.91 bits per heavy atom. The molecule has 1 aliphatic heterocycles. The van der Waals surface area contributed by atoms with E-state index in [9.17, 15) is 4.79 Å². The molecule has 0 saturated carbocycles. The molecule has 0 bridgehead atoms. The first-order valence-electron chi connectivity index (χ1n) is 8.54. The smallest absolute Gasteiger partial charge is 0.227 e. The van der Waals surface area contributed by atoms with E-state index < -0.39 is 0 Å². The lowest BCUT2D eigenvalue weighted by Gasteiger charge is -2.28. The van der Waals surface area contributed by atoms with Gasteiger partial charge in [0.25, 0.3) is 0 Å². The summed E-state index contributed by atoms with van der Waals surface area (Å²) in [6, 6.07) is 6.54. The molecule has 1 aromatic heterocycles. The number of aromatic nitrogens is 3. The molecule has 5 nitrogen and oxygen atoms in total. The SMILES string of the molecule is CCc1nnc2n1CCN(C(=O)Cc1ccc3c(c1)CCC3)C2. The molecule has 0 unspecified atom stereocenters. The normalized spacial score (nSPS) is 16.3. The molecule has 2 aromatic rings. The van der Waals surface area contributed by atoms with Crippen LogP contribution in [0.3, 0.4) is 0 Å². The van der Waals surface area contributed by atoms with Gasteiger partial charge in [-0.1, -0.05) is 25.1 Å². The van der Waals surface area contributed by atoms with Crippen LogP contribution >= 0.6 is 0 Å². The zero-order valence-corrected chi connectivity index (χ0v) is 13.6. The maximum atomic E-state index is 12.6. The van der Waals surface area contributed by atoms with Crippen molar-refractivity contribution in [1.29, 1.82) is 0 Å². The summed E-state index contributed by atoms with van der Waals surface area (Å²) < 4.78 is 2.15. The van der Waals surface area contributed by atoms with Gasteiger partial charge in [0.1, 0.15) is 5.82 Å². The molecule has 0 saturated heterocycles. The second-order valence-corrected chi connectivity index (χ2v) is 6.49. The predicted molar refractivity (Wildman–Crippen MR) is 87.0 cm³/mol. The van der Waals surface area contributed by atoms with Crippen LogP contribution in [0.1, 0.15) is 41.7 Å². The summed E-state index contributed by atoms with van der Waals surface area (Å²) in [5, 5.41) is 8.44. The molecule has 1 amide bonds. The lowest BCUT2D eigenvalue weighted by atomic mass is 10.0. The Labute approximate surface area is 136 Å². The molecule has 0 radical (unpaired) electrons. The van der Waals surface area contributed by atoms with Crippen molar-refractivity contribution in [2.75, 3.05) is 6.54 Å². The van der Waals surface area contributed by atoms with Crippen molar-refractivity contribution in [2.45, 2.75) is 52.1 Å². The summed E-state index contributed by atoms with van der Waals surface area (Å²) in [6.07, 6.45) is 4.96. The van der Waals surface area contributed by atoms with Crippen molar-refractivity contribution in [3.63, 3.8) is 0 Å². The van der Waals surface area contributed by atoms with Crippen molar-refractivity contribution in [1.82, 2.24) is 19.7 Å². The van der Waals surface area contributed by atoms with Crippen molar-refractivity contribution in [2.24, 2.45) is 0 Å². The Hall–Kier alpha value is -2.17. The second-order valence-electron chi connectivity index (χ2n) is 6.49. The number of hydrogen-bond acceptors (Lipinski definition) is 3. The van der Waals surface area contributed by atoms with E-state index in [1.165, 1.54) is 24.0 Å². The second kappa shape index (κ2) is 5.80. The van der Waals surface area contributed by atoms with Gasteiger partial charge in [-0.2, -0.15) is 0 Å². The Morgan fingerprint density at radius 2 is 2.04 bits per heavy atom. The van der Waals surface area contributed by atoms with Gasteiger partial charge < -0.3 is 9.47 Å². The van der Waals surface area contributed by atoms with E-state index in [0.717, 1.165) is 43.1 Å². The van der Waals surface area contributed by atoms with Gasteiger partial charge in [0, 0.05) is 19.5 Å². The Morgan fingerprint density at radius 1 is 1.17 bits per heavy atom. The van der Waals surface area contributed by atoms with Crippen LogP contribution in [0.5, 0.6) is 0 Å². The quantitative estimate of drug-likeness (QED) is 0.870. The highest BCUT2D eigenvalue weighted by Gasteiger charge is 2.24. The van der Waals surface area contributed by atoms with E-state index in [1.54, 1.807) is 0 Å². The van der Waals surface area contributed by atoms with Crippen LogP contribution in [0.2, 0.25) is 0 Å². The largest absolute Gasteiger partial charge is 0.333 e. The van der Waals surface area contributed by atoms with E-state index in [4.69, 9.17) is 0 Å². The third-order valence-corrected chi connectivity index (χ3v) is 5.02. The molecular weight excluding hydrogens is 288 g/mol. The highest BCUT2D eigenvalue weighted by Crippen LogP contribution is 2.23. The molecule has 0 N–H and O–H groups in total. The summed E-state index contributed by atoms with van der Waals surface area (Å²) in [4.78, 5) is 14.5. The first-order chi connectivity index (χ1) is 11.2. The minimum absolute atomic E-state index is 0.190. The van der Waals surface area contributed by atoms with Crippen LogP contribution in [-0.2, 0) is 43.6 Å². The van der Waals surface area contributed by atoms with Crippen LogP contribution < -0.4 is 0 Å². The van der Waals surface area contributed by atoms with Gasteiger partial charge in [-0.05, 0) is 36.0 Å². The summed E-state index contributed by atoms with van der Waals surface area (Å²) in [7, 11) is 0. The van der Waals surface area contributed by atoms with Crippen molar-refractivity contribution in [3.8, 4) is 0 Å². The number of rotatable bonds is 3. The number of benzene rings is 1. The zero-order chi connectivity index (χ0) is 15.8. The monoisotopic (exact) mass is 310 g/mol. The average molecular weight is 310 g/mol. The summed E-state index contributed by atoms with van der Waals surface area (Å²) in [5.41, 5.74) is 4.03. The van der Waals surface area contributed by atoms with Gasteiger partial charge >= 0.3 is 0 Å². The van der Waals surface area contributed by atoms with Gasteiger partial charge in [-0.25, -0.2) is 0 Å². The van der Waals surface area contributed by atoms with Crippen LogP contribution in [0.15, 0.2) is 18.2 Å². The fourth-order valence-electron chi connectivity index (χ4n) is 3.71. The van der Waals surface area contributed by atoms with E-state index in [1.807, 2.05) is 4.90 Å². The summed E-state index contributed by atoms with van der Waals surface area (Å²) in [5.74, 6) is 2.12. The molecule has 0 fully saturated rings. The molecule has 2 aliphatic rings. The molecule has 0 atom stereocenters. The van der Waals surface area contributed by atoms with Crippen molar-refractivity contribution in [3.05, 3.63) is 46.5 Å². The first-order valence-corrected chi connectivity index (χ1v) is 8.54. The lowest BCUT2D eigenvalue weighted by molar-refractivity contribution is -0.132. The fourth-order valence-corrected chi connectivity index (χ4v) is 3.71. The number of amides is 1. The molecule has 5 heteroatoms. The lowest BCUT2D eigenvalue weighted by Crippen LogP contribution is -2.39. The zero-order valence-electron chi connectivity index (χ0n) is 13.6. The Bertz CT molecular complexity index is 749. The number of aryl methyl sites for hydroxylation is 3. The first kappa shape index (κ1) is 14.4. The van der Waals surface area contributed by atoms with Crippen LogP contribution in [-0.4, -0.2) is 32.1 Å². The van der Waals surface area contributed by atoms with Crippen molar-refractivity contribution >= 4 is 5.91 Å². The molecule has 0 spiro atoms. The van der Waals surface area contributed by atoms with Crippen molar-refractivity contribution < 1.29 is 4.79 Å². The predicted octanol–water partition coefficient (Wildman–Crippen LogP) is 1.91. The van der Waals surface area contributed by atoms with Crippen LogP contribution in [0, 0.1) is 0 Å². The van der Waals surface area contributed by atoms with Gasteiger partial charge in [-0.3, -0.25) is 4.79 Å². The maximum Gasteiger partial charge on any atom is 0.227 e. The topological polar surface area (TPSA) is 51.0 Å². The molecule has 120 valence electrons. The fraction of sp³-hybridized carbons (Fsp3) is 0.500. The van der Waals surface area contributed by atoms with E-state index in [0.29, 0.717) is 13.0 Å². The van der Waals surface area contributed by atoms with Gasteiger partial charge in [0.2, 0.25) is 5.91 Å². The molecule has 1 aromatic carbocycles. The summed E-state index contributed by atoms with van der Waals surface area (Å²) >= 11 is 0. The minimum Gasteiger partial charge on any atom is -0.333 e. The van der Waals surface area contributed by atoms with Gasteiger partial charge in [-0.15, -0.1) is 10.2 Å². The minimum atomic E-state index is 0.190. The van der Waals surface area contributed by atoms with Crippen LogP contribution in [0.25, 0.3) is 0 Å². The van der Waals surface area contributed by atoms with Gasteiger partial charge in [0.15, 0.2) is 5.82 Å². The average Bonchev–Trinajstić information content (AvgIpc) is 3.19. The number of fused-ring (bicyclic) bond motifs is 2. The summed E-state index contributed by atoms with van der Waals surface area (Å²) in [6.45, 7) is 4.22. The number of nitrogens with zero attached hydrogens (tertiary/aromatic N) is 4. The standard InChI is InChI=1S/C18H22N4O/c1-2-16-19-20-17-12-21(8-9-22(16)17)18(23)11-13-6-7-14-4-3-5-15(14)10-13/h6-7,10H,2-5,8-9,11-12H2,1H3. The Balaban J connectivity index is 1.46. The molecule has 1 aliphatic carbocycles. The van der Waals surface area contributed by atoms with Crippen LogP contribution in [0.4, 0.5) is 0 Å². The van der Waals surface area contributed by atoms with E-state index in [-0.39, 0.29) is 5.91 Å². The molecular formula is C18H22N4O. The molecule has 4 rings (SSSR count). The Kier molecular flexibility index (Phi) is 3.63. The van der Waals surface area contributed by atoms with E-state index >= 15 is 0 Å². The number of carbonyl (C=O) groups is 1. The number of carbonyl (C=O) groups excluding carboxylic acids is 1. The molecule has 23 heavy (non-hydrogen) atoms. The maximum absolute atomic E-state index is 12.6. The van der Waals surface area contributed by atoms with Gasteiger partial charge in [0.05, 0.1) is 13.0 Å². The number of hydrogen-bond donors (Lipinski definition) is 0. The third-order valence-electron chi connectivity index (χ3n) is 5.02. The highest BCUT2D eigenvalue weighted by atomic mass is 16.2. The third kappa shape index (κ3) is 2.64. The molecule has 2 heterocycles.